The smallest absolute Gasteiger partial charge is 0.254 e. The van der Waals surface area contributed by atoms with Gasteiger partial charge in [0, 0.05) is 38.9 Å². The van der Waals surface area contributed by atoms with E-state index in [1.54, 1.807) is 6.20 Å². The van der Waals surface area contributed by atoms with Gasteiger partial charge in [0.05, 0.1) is 17.4 Å². The first-order chi connectivity index (χ1) is 9.56. The van der Waals surface area contributed by atoms with Gasteiger partial charge in [-0.3, -0.25) is 4.79 Å². The molecular weight excluding hydrogens is 256 g/mol. The minimum absolute atomic E-state index is 0.0804. The molecule has 0 unspecified atom stereocenters. The standard InChI is InChI=1S/C14H20N4O2/c1-8-10(7-15-14(16-8)18(2)3)13(19)17-11-6-12-9(11)4-5-20-12/h7,9,11-12H,4-6H2,1-3H3,(H,17,19)/t9-,11+,12+/m1/s1. The number of fused-ring (bicyclic) bond motifs is 1. The van der Waals surface area contributed by atoms with Gasteiger partial charge in [0.15, 0.2) is 0 Å². The molecule has 3 rings (SSSR count). The summed E-state index contributed by atoms with van der Waals surface area (Å²) >= 11 is 0. The fourth-order valence-electron chi connectivity index (χ4n) is 2.90. The van der Waals surface area contributed by atoms with E-state index in [-0.39, 0.29) is 11.9 Å². The number of amides is 1. The van der Waals surface area contributed by atoms with Crippen molar-refractivity contribution in [3.05, 3.63) is 17.5 Å². The van der Waals surface area contributed by atoms with Gasteiger partial charge in [-0.1, -0.05) is 0 Å². The number of nitrogens with zero attached hydrogens (tertiary/aromatic N) is 3. The zero-order valence-electron chi connectivity index (χ0n) is 12.1. The molecule has 1 N–H and O–H groups in total. The number of carbonyl (C=O) groups excluding carboxylic acids is 1. The number of carbonyl (C=O) groups is 1. The summed E-state index contributed by atoms with van der Waals surface area (Å²) in [7, 11) is 3.76. The van der Waals surface area contributed by atoms with E-state index in [0.29, 0.717) is 29.2 Å². The van der Waals surface area contributed by atoms with Crippen LogP contribution in [0.1, 0.15) is 28.9 Å². The van der Waals surface area contributed by atoms with Crippen LogP contribution in [-0.4, -0.2) is 48.7 Å². The van der Waals surface area contributed by atoms with E-state index < -0.39 is 0 Å². The molecule has 2 aliphatic rings. The Morgan fingerprint density at radius 1 is 1.50 bits per heavy atom. The van der Waals surface area contributed by atoms with Gasteiger partial charge in [-0.15, -0.1) is 0 Å². The van der Waals surface area contributed by atoms with Crippen LogP contribution < -0.4 is 10.2 Å². The van der Waals surface area contributed by atoms with Crippen LogP contribution in [0.5, 0.6) is 0 Å². The first-order valence-corrected chi connectivity index (χ1v) is 6.99. The zero-order chi connectivity index (χ0) is 14.3. The Bertz CT molecular complexity index is 532. The van der Waals surface area contributed by atoms with Crippen LogP contribution in [0.25, 0.3) is 0 Å². The molecule has 1 aromatic heterocycles. The van der Waals surface area contributed by atoms with E-state index in [0.717, 1.165) is 19.4 Å². The highest BCUT2D eigenvalue weighted by molar-refractivity contribution is 5.95. The van der Waals surface area contributed by atoms with Crippen molar-refractivity contribution in [1.82, 2.24) is 15.3 Å². The summed E-state index contributed by atoms with van der Waals surface area (Å²) in [4.78, 5) is 22.7. The number of aromatic nitrogens is 2. The van der Waals surface area contributed by atoms with Crippen molar-refractivity contribution in [2.24, 2.45) is 5.92 Å². The van der Waals surface area contributed by atoms with Gasteiger partial charge in [-0.25, -0.2) is 9.97 Å². The highest BCUT2D eigenvalue weighted by Gasteiger charge is 2.45. The van der Waals surface area contributed by atoms with Crippen LogP contribution in [-0.2, 0) is 4.74 Å². The van der Waals surface area contributed by atoms with Gasteiger partial charge in [0.2, 0.25) is 5.95 Å². The van der Waals surface area contributed by atoms with Gasteiger partial charge < -0.3 is 15.0 Å². The topological polar surface area (TPSA) is 67.4 Å². The monoisotopic (exact) mass is 276 g/mol. The number of ether oxygens (including phenoxy) is 1. The van der Waals surface area contributed by atoms with Gasteiger partial charge in [-0.05, 0) is 19.8 Å². The Morgan fingerprint density at radius 2 is 2.30 bits per heavy atom. The molecule has 1 aliphatic carbocycles. The van der Waals surface area contributed by atoms with Crippen molar-refractivity contribution in [2.45, 2.75) is 31.9 Å². The maximum atomic E-state index is 12.3. The van der Waals surface area contributed by atoms with Crippen LogP contribution in [0.3, 0.4) is 0 Å². The molecule has 6 heteroatoms. The van der Waals surface area contributed by atoms with E-state index in [2.05, 4.69) is 15.3 Å². The van der Waals surface area contributed by atoms with Crippen LogP contribution in [0.15, 0.2) is 6.20 Å². The van der Waals surface area contributed by atoms with Crippen molar-refractivity contribution < 1.29 is 9.53 Å². The lowest BCUT2D eigenvalue weighted by molar-refractivity contribution is 0.00808. The summed E-state index contributed by atoms with van der Waals surface area (Å²) in [5.74, 6) is 1.02. The SMILES string of the molecule is Cc1nc(N(C)C)ncc1C(=O)N[C@H]1C[C@@H]2OCC[C@H]12. The Morgan fingerprint density at radius 3 is 2.95 bits per heavy atom. The largest absolute Gasteiger partial charge is 0.378 e. The molecule has 1 amide bonds. The maximum Gasteiger partial charge on any atom is 0.254 e. The minimum atomic E-state index is -0.0804. The highest BCUT2D eigenvalue weighted by atomic mass is 16.5. The average molecular weight is 276 g/mol. The van der Waals surface area contributed by atoms with Crippen LogP contribution in [0, 0.1) is 12.8 Å². The van der Waals surface area contributed by atoms with Crippen molar-refractivity contribution in [3.8, 4) is 0 Å². The number of hydrogen-bond acceptors (Lipinski definition) is 5. The molecule has 2 fully saturated rings. The summed E-state index contributed by atoms with van der Waals surface area (Å²) in [5.41, 5.74) is 1.26. The van der Waals surface area contributed by atoms with Gasteiger partial charge in [-0.2, -0.15) is 0 Å². The third-order valence-electron chi connectivity index (χ3n) is 4.19. The van der Waals surface area contributed by atoms with E-state index in [1.165, 1.54) is 0 Å². The third kappa shape index (κ3) is 2.24. The van der Waals surface area contributed by atoms with Crippen LogP contribution in [0.4, 0.5) is 5.95 Å². The van der Waals surface area contributed by atoms with E-state index >= 15 is 0 Å². The van der Waals surface area contributed by atoms with Crippen molar-refractivity contribution in [1.29, 1.82) is 0 Å². The van der Waals surface area contributed by atoms with E-state index in [4.69, 9.17) is 4.74 Å². The lowest BCUT2D eigenvalue weighted by atomic mass is 9.76. The Balaban J connectivity index is 1.68. The lowest BCUT2D eigenvalue weighted by Gasteiger charge is -2.39. The van der Waals surface area contributed by atoms with E-state index in [9.17, 15) is 4.79 Å². The lowest BCUT2D eigenvalue weighted by Crippen LogP contribution is -2.53. The second-order valence-electron chi connectivity index (χ2n) is 5.74. The van der Waals surface area contributed by atoms with Crippen molar-refractivity contribution >= 4 is 11.9 Å². The van der Waals surface area contributed by atoms with E-state index in [1.807, 2.05) is 25.9 Å². The average Bonchev–Trinajstić information content (AvgIpc) is 2.76. The third-order valence-corrected chi connectivity index (χ3v) is 4.19. The molecule has 6 nitrogen and oxygen atoms in total. The number of aryl methyl sites for hydroxylation is 1. The second kappa shape index (κ2) is 5.01. The molecular formula is C14H20N4O2. The van der Waals surface area contributed by atoms with Gasteiger partial charge in [0.1, 0.15) is 0 Å². The summed E-state index contributed by atoms with van der Waals surface area (Å²) < 4.78 is 5.55. The summed E-state index contributed by atoms with van der Waals surface area (Å²) in [6.45, 7) is 2.66. The summed E-state index contributed by atoms with van der Waals surface area (Å²) in [6, 6.07) is 0.239. The highest BCUT2D eigenvalue weighted by Crippen LogP contribution is 2.38. The molecule has 0 aromatic carbocycles. The summed E-state index contributed by atoms with van der Waals surface area (Å²) in [5, 5.41) is 3.08. The Kier molecular flexibility index (Phi) is 3.33. The number of hydrogen-bond donors (Lipinski definition) is 1. The molecule has 0 spiro atoms. The first-order valence-electron chi connectivity index (χ1n) is 6.99. The maximum absolute atomic E-state index is 12.3. The van der Waals surface area contributed by atoms with Crippen LogP contribution >= 0.6 is 0 Å². The Labute approximate surface area is 118 Å². The molecule has 0 radical (unpaired) electrons. The molecule has 3 atom stereocenters. The zero-order valence-corrected chi connectivity index (χ0v) is 12.1. The summed E-state index contributed by atoms with van der Waals surface area (Å²) in [6.07, 6.45) is 3.93. The van der Waals surface area contributed by atoms with Crippen LogP contribution in [0.2, 0.25) is 0 Å². The molecule has 20 heavy (non-hydrogen) atoms. The van der Waals surface area contributed by atoms with Gasteiger partial charge in [0.25, 0.3) is 5.91 Å². The quantitative estimate of drug-likeness (QED) is 0.882. The fourth-order valence-corrected chi connectivity index (χ4v) is 2.90. The van der Waals surface area contributed by atoms with Gasteiger partial charge >= 0.3 is 0 Å². The second-order valence-corrected chi connectivity index (χ2v) is 5.74. The minimum Gasteiger partial charge on any atom is -0.378 e. The molecule has 1 aromatic rings. The molecule has 0 bridgehead atoms. The first kappa shape index (κ1) is 13.3. The van der Waals surface area contributed by atoms with Crippen molar-refractivity contribution in [3.63, 3.8) is 0 Å². The predicted molar refractivity (Wildman–Crippen MR) is 74.8 cm³/mol. The molecule has 1 saturated carbocycles. The Hall–Kier alpha value is -1.69. The number of rotatable bonds is 3. The normalized spacial score (nSPS) is 27.6. The molecule has 108 valence electrons. The van der Waals surface area contributed by atoms with Crippen molar-refractivity contribution in [2.75, 3.05) is 25.6 Å². The molecule has 2 heterocycles. The molecule has 1 aliphatic heterocycles. The fraction of sp³-hybridized carbons (Fsp3) is 0.643. The predicted octanol–water partition coefficient (Wildman–Crippen LogP) is 0.758. The number of nitrogens with one attached hydrogen (secondary N) is 1. The molecule has 1 saturated heterocycles. The number of anilines is 1.